The van der Waals surface area contributed by atoms with Gasteiger partial charge in [-0.2, -0.15) is 13.2 Å². The quantitative estimate of drug-likeness (QED) is 0.643. The summed E-state index contributed by atoms with van der Waals surface area (Å²) < 4.78 is 38.6. The largest absolute Gasteiger partial charge is 0.416 e. The minimum Gasteiger partial charge on any atom is -0.228 e. The Labute approximate surface area is 116 Å². The Morgan fingerprint density at radius 2 is 1.65 bits per heavy atom. The number of hydrogen-bond donors (Lipinski definition) is 0. The van der Waals surface area contributed by atoms with E-state index in [0.29, 0.717) is 15.2 Å². The summed E-state index contributed by atoms with van der Waals surface area (Å²) in [6.07, 6.45) is -4.31. The van der Waals surface area contributed by atoms with Crippen LogP contribution in [0.5, 0.6) is 0 Å². The van der Waals surface area contributed by atoms with Gasteiger partial charge in [-0.3, -0.25) is 0 Å². The number of rotatable bonds is 1. The highest BCUT2D eigenvalue weighted by molar-refractivity contribution is 9.12. The summed E-state index contributed by atoms with van der Waals surface area (Å²) in [7, 11) is 0. The Morgan fingerprint density at radius 1 is 1.06 bits per heavy atom. The van der Waals surface area contributed by atoms with Crippen LogP contribution < -0.4 is 0 Å². The summed E-state index contributed by atoms with van der Waals surface area (Å²) >= 11 is 7.91. The monoisotopic (exact) mass is 385 g/mol. The van der Waals surface area contributed by atoms with Gasteiger partial charge in [-0.25, -0.2) is 4.98 Å². The zero-order valence-electron chi connectivity index (χ0n) is 8.05. The van der Waals surface area contributed by atoms with E-state index in [2.05, 4.69) is 36.8 Å². The molecule has 2 rings (SSSR count). The smallest absolute Gasteiger partial charge is 0.228 e. The number of aromatic nitrogens is 1. The van der Waals surface area contributed by atoms with Gasteiger partial charge in [0, 0.05) is 5.56 Å². The maximum atomic E-state index is 12.4. The number of benzene rings is 1. The van der Waals surface area contributed by atoms with Gasteiger partial charge in [0.2, 0.25) is 0 Å². The summed E-state index contributed by atoms with van der Waals surface area (Å²) in [5.74, 6) is 0. The molecule has 90 valence electrons. The van der Waals surface area contributed by atoms with Crippen molar-refractivity contribution in [1.29, 1.82) is 0 Å². The van der Waals surface area contributed by atoms with Crippen molar-refractivity contribution in [3.63, 3.8) is 0 Å². The standard InChI is InChI=1S/C10H4Br2F3NS/c11-8-7(16-9(12)17-8)5-1-3-6(4-2-5)10(13,14)15/h1-4H. The minimum atomic E-state index is -4.31. The maximum Gasteiger partial charge on any atom is 0.416 e. The molecule has 2 aromatic rings. The Balaban J connectivity index is 2.39. The second-order valence-corrected chi connectivity index (χ2v) is 6.76. The van der Waals surface area contributed by atoms with Gasteiger partial charge >= 0.3 is 6.18 Å². The van der Waals surface area contributed by atoms with Gasteiger partial charge < -0.3 is 0 Å². The van der Waals surface area contributed by atoms with Crippen molar-refractivity contribution in [1.82, 2.24) is 4.98 Å². The van der Waals surface area contributed by atoms with Gasteiger partial charge in [0.15, 0.2) is 3.92 Å². The fourth-order valence-electron chi connectivity index (χ4n) is 1.27. The van der Waals surface area contributed by atoms with Crippen molar-refractivity contribution < 1.29 is 13.2 Å². The van der Waals surface area contributed by atoms with Gasteiger partial charge in [-0.05, 0) is 44.0 Å². The van der Waals surface area contributed by atoms with Crippen LogP contribution in [0.1, 0.15) is 5.56 Å². The predicted octanol–water partition coefficient (Wildman–Crippen LogP) is 5.35. The lowest BCUT2D eigenvalue weighted by Crippen LogP contribution is -2.04. The molecule has 0 atom stereocenters. The van der Waals surface area contributed by atoms with Crippen molar-refractivity contribution in [3.05, 3.63) is 37.5 Å². The Bertz CT molecular complexity index is 533. The maximum absolute atomic E-state index is 12.4. The highest BCUT2D eigenvalue weighted by Crippen LogP contribution is 2.36. The van der Waals surface area contributed by atoms with Crippen molar-refractivity contribution in [2.75, 3.05) is 0 Å². The molecule has 0 fully saturated rings. The Hall–Kier alpha value is -0.400. The molecule has 0 amide bonds. The van der Waals surface area contributed by atoms with Crippen LogP contribution in [-0.2, 0) is 6.18 Å². The SMILES string of the molecule is FC(F)(F)c1ccc(-c2nc(Br)sc2Br)cc1. The van der Waals surface area contributed by atoms with Gasteiger partial charge in [0.05, 0.1) is 15.0 Å². The molecule has 1 nitrogen and oxygen atoms in total. The summed E-state index contributed by atoms with van der Waals surface area (Å²) in [6, 6.07) is 4.92. The van der Waals surface area contributed by atoms with E-state index in [0.717, 1.165) is 15.9 Å². The molecule has 0 spiro atoms. The number of alkyl halides is 3. The molecule has 7 heteroatoms. The van der Waals surface area contributed by atoms with E-state index < -0.39 is 11.7 Å². The van der Waals surface area contributed by atoms with Gasteiger partial charge in [0.1, 0.15) is 0 Å². The molecule has 0 saturated carbocycles. The first-order valence-electron chi connectivity index (χ1n) is 4.37. The Morgan fingerprint density at radius 3 is 2.06 bits per heavy atom. The fourth-order valence-corrected chi connectivity index (χ4v) is 3.91. The molecule has 1 aromatic carbocycles. The van der Waals surface area contributed by atoms with Crippen molar-refractivity contribution >= 4 is 43.2 Å². The number of thiazole rings is 1. The first kappa shape index (κ1) is 13.0. The molecule has 0 saturated heterocycles. The van der Waals surface area contributed by atoms with Crippen LogP contribution in [0.25, 0.3) is 11.3 Å². The lowest BCUT2D eigenvalue weighted by molar-refractivity contribution is -0.137. The third-order valence-corrected chi connectivity index (χ3v) is 4.20. The van der Waals surface area contributed by atoms with E-state index in [1.807, 2.05) is 0 Å². The molecule has 0 aliphatic carbocycles. The Kier molecular flexibility index (Phi) is 3.61. The summed E-state index contributed by atoms with van der Waals surface area (Å²) in [4.78, 5) is 4.18. The van der Waals surface area contributed by atoms with Crippen LogP contribution >= 0.6 is 43.2 Å². The second-order valence-electron chi connectivity index (χ2n) is 3.16. The molecule has 0 radical (unpaired) electrons. The summed E-state index contributed by atoms with van der Waals surface area (Å²) in [5.41, 5.74) is 0.620. The molecule has 17 heavy (non-hydrogen) atoms. The van der Waals surface area contributed by atoms with Crippen LogP contribution in [0.15, 0.2) is 32.0 Å². The molecule has 0 N–H and O–H groups in total. The van der Waals surface area contributed by atoms with Crippen molar-refractivity contribution in [2.24, 2.45) is 0 Å². The normalized spacial score (nSPS) is 11.8. The molecule has 0 aliphatic rings. The predicted molar refractivity (Wildman–Crippen MR) is 68.0 cm³/mol. The molecule has 1 heterocycles. The summed E-state index contributed by atoms with van der Waals surface area (Å²) in [6.45, 7) is 0. The summed E-state index contributed by atoms with van der Waals surface area (Å²) in [5, 5.41) is 0. The first-order valence-corrected chi connectivity index (χ1v) is 6.77. The van der Waals surface area contributed by atoms with Crippen LogP contribution in [0, 0.1) is 0 Å². The number of hydrogen-bond acceptors (Lipinski definition) is 2. The van der Waals surface area contributed by atoms with E-state index >= 15 is 0 Å². The average Bonchev–Trinajstić information content (AvgIpc) is 2.57. The first-order chi connectivity index (χ1) is 7.88. The number of halogens is 5. The number of nitrogens with zero attached hydrogens (tertiary/aromatic N) is 1. The molecule has 0 unspecified atom stereocenters. The second kappa shape index (κ2) is 4.70. The molecule has 0 aliphatic heterocycles. The molecule has 1 aromatic heterocycles. The highest BCUT2D eigenvalue weighted by Gasteiger charge is 2.30. The van der Waals surface area contributed by atoms with E-state index in [-0.39, 0.29) is 0 Å². The third kappa shape index (κ3) is 2.89. The lowest BCUT2D eigenvalue weighted by Gasteiger charge is -2.06. The minimum absolute atomic E-state index is 0.635. The van der Waals surface area contributed by atoms with Crippen LogP contribution in [0.3, 0.4) is 0 Å². The topological polar surface area (TPSA) is 12.9 Å². The van der Waals surface area contributed by atoms with Gasteiger partial charge in [0.25, 0.3) is 0 Å². The van der Waals surface area contributed by atoms with Crippen LogP contribution in [-0.4, -0.2) is 4.98 Å². The van der Waals surface area contributed by atoms with Crippen LogP contribution in [0.4, 0.5) is 13.2 Å². The van der Waals surface area contributed by atoms with E-state index in [1.54, 1.807) is 0 Å². The molecule has 0 bridgehead atoms. The van der Waals surface area contributed by atoms with E-state index in [9.17, 15) is 13.2 Å². The zero-order chi connectivity index (χ0) is 12.6. The van der Waals surface area contributed by atoms with Crippen molar-refractivity contribution in [3.8, 4) is 11.3 Å². The molecular formula is C10H4Br2F3NS. The van der Waals surface area contributed by atoms with Crippen LogP contribution in [0.2, 0.25) is 0 Å². The van der Waals surface area contributed by atoms with E-state index in [4.69, 9.17) is 0 Å². The molecular weight excluding hydrogens is 383 g/mol. The average molecular weight is 387 g/mol. The van der Waals surface area contributed by atoms with Crippen molar-refractivity contribution in [2.45, 2.75) is 6.18 Å². The third-order valence-electron chi connectivity index (χ3n) is 2.05. The zero-order valence-corrected chi connectivity index (χ0v) is 12.0. The van der Waals surface area contributed by atoms with E-state index in [1.165, 1.54) is 23.5 Å². The van der Waals surface area contributed by atoms with Gasteiger partial charge in [-0.15, -0.1) is 0 Å². The fraction of sp³-hybridized carbons (Fsp3) is 0.100. The highest BCUT2D eigenvalue weighted by atomic mass is 79.9. The van der Waals surface area contributed by atoms with Gasteiger partial charge in [-0.1, -0.05) is 23.5 Å². The lowest BCUT2D eigenvalue weighted by atomic mass is 10.1.